The van der Waals surface area contributed by atoms with E-state index in [1.54, 1.807) is 6.08 Å². The predicted molar refractivity (Wildman–Crippen MR) is 43.9 cm³/mol. The molecule has 2 N–H and O–H groups in total. The van der Waals surface area contributed by atoms with Crippen LogP contribution in [-0.2, 0) is 9.53 Å². The highest BCUT2D eigenvalue weighted by atomic mass is 16.5. The van der Waals surface area contributed by atoms with Crippen molar-refractivity contribution in [3.05, 3.63) is 12.7 Å². The predicted octanol–water partition coefficient (Wildman–Crippen LogP) is 0.415. The molecule has 4 heteroatoms. The number of carbonyl (C=O) groups is 1. The molecule has 0 saturated carbocycles. The normalized spacial score (nSPS) is 15.2. The summed E-state index contributed by atoms with van der Waals surface area (Å²) in [6.45, 7) is 4.85. The van der Waals surface area contributed by atoms with E-state index in [4.69, 9.17) is 14.9 Å². The summed E-state index contributed by atoms with van der Waals surface area (Å²) in [4.78, 5) is 10.3. The SMILES string of the molecule is C=CCCOCC(C)(O)C(=O)O. The number of carboxylic acids is 1. The first-order chi connectivity index (χ1) is 5.50. The van der Waals surface area contributed by atoms with E-state index in [-0.39, 0.29) is 6.61 Å². The van der Waals surface area contributed by atoms with Crippen LogP contribution in [0, 0.1) is 0 Å². The van der Waals surface area contributed by atoms with E-state index in [1.807, 2.05) is 0 Å². The second kappa shape index (κ2) is 4.90. The summed E-state index contributed by atoms with van der Waals surface area (Å²) in [7, 11) is 0. The van der Waals surface area contributed by atoms with Crippen LogP contribution in [0.3, 0.4) is 0 Å². The van der Waals surface area contributed by atoms with Gasteiger partial charge in [0, 0.05) is 0 Å². The summed E-state index contributed by atoms with van der Waals surface area (Å²) in [6, 6.07) is 0. The van der Waals surface area contributed by atoms with Gasteiger partial charge in [0.25, 0.3) is 0 Å². The van der Waals surface area contributed by atoms with Crippen LogP contribution in [0.4, 0.5) is 0 Å². The monoisotopic (exact) mass is 174 g/mol. The Labute approximate surface area is 71.5 Å². The molecule has 0 heterocycles. The third kappa shape index (κ3) is 4.10. The van der Waals surface area contributed by atoms with E-state index < -0.39 is 11.6 Å². The zero-order valence-corrected chi connectivity index (χ0v) is 7.12. The minimum Gasteiger partial charge on any atom is -0.479 e. The molecule has 0 aromatic carbocycles. The van der Waals surface area contributed by atoms with Gasteiger partial charge in [0.05, 0.1) is 13.2 Å². The molecule has 0 aliphatic rings. The molecule has 70 valence electrons. The van der Waals surface area contributed by atoms with E-state index in [0.717, 1.165) is 0 Å². The highest BCUT2D eigenvalue weighted by Gasteiger charge is 2.29. The van der Waals surface area contributed by atoms with Crippen LogP contribution in [0.5, 0.6) is 0 Å². The molecule has 0 aliphatic carbocycles. The van der Waals surface area contributed by atoms with Crippen molar-refractivity contribution in [2.75, 3.05) is 13.2 Å². The van der Waals surface area contributed by atoms with Gasteiger partial charge in [-0.15, -0.1) is 6.58 Å². The first-order valence-corrected chi connectivity index (χ1v) is 3.65. The second-order valence-corrected chi connectivity index (χ2v) is 2.71. The van der Waals surface area contributed by atoms with Gasteiger partial charge in [0.1, 0.15) is 0 Å². The molecule has 0 aliphatic heterocycles. The summed E-state index contributed by atoms with van der Waals surface area (Å²) < 4.78 is 4.90. The zero-order valence-electron chi connectivity index (χ0n) is 7.12. The largest absolute Gasteiger partial charge is 0.479 e. The number of rotatable bonds is 6. The number of carboxylic acid groups (broad SMARTS) is 1. The second-order valence-electron chi connectivity index (χ2n) is 2.71. The van der Waals surface area contributed by atoms with E-state index in [9.17, 15) is 4.79 Å². The van der Waals surface area contributed by atoms with Crippen LogP contribution in [0.15, 0.2) is 12.7 Å². The Kier molecular flexibility index (Phi) is 4.54. The maximum Gasteiger partial charge on any atom is 0.337 e. The lowest BCUT2D eigenvalue weighted by molar-refractivity contribution is -0.162. The summed E-state index contributed by atoms with van der Waals surface area (Å²) in [5.74, 6) is -1.28. The quantitative estimate of drug-likeness (QED) is 0.452. The van der Waals surface area contributed by atoms with Gasteiger partial charge in [-0.1, -0.05) is 6.08 Å². The lowest BCUT2D eigenvalue weighted by Crippen LogP contribution is -2.39. The van der Waals surface area contributed by atoms with E-state index in [2.05, 4.69) is 6.58 Å². The summed E-state index contributed by atoms with van der Waals surface area (Å²) in [6.07, 6.45) is 2.31. The van der Waals surface area contributed by atoms with Crippen LogP contribution >= 0.6 is 0 Å². The lowest BCUT2D eigenvalue weighted by Gasteiger charge is -2.17. The average molecular weight is 174 g/mol. The first kappa shape index (κ1) is 11.1. The molecule has 0 radical (unpaired) electrons. The van der Waals surface area contributed by atoms with Gasteiger partial charge in [-0.05, 0) is 13.3 Å². The van der Waals surface area contributed by atoms with Crippen molar-refractivity contribution in [2.45, 2.75) is 18.9 Å². The Morgan fingerprint density at radius 2 is 2.33 bits per heavy atom. The smallest absolute Gasteiger partial charge is 0.337 e. The Hall–Kier alpha value is -0.870. The molecule has 1 atom stereocenters. The van der Waals surface area contributed by atoms with Crippen molar-refractivity contribution in [1.82, 2.24) is 0 Å². The third-order valence-electron chi connectivity index (χ3n) is 1.31. The number of hydrogen-bond acceptors (Lipinski definition) is 3. The summed E-state index contributed by atoms with van der Waals surface area (Å²) >= 11 is 0. The highest BCUT2D eigenvalue weighted by molar-refractivity contribution is 5.76. The van der Waals surface area contributed by atoms with Crippen LogP contribution < -0.4 is 0 Å². The Morgan fingerprint density at radius 3 is 2.75 bits per heavy atom. The fourth-order valence-electron chi connectivity index (χ4n) is 0.499. The van der Waals surface area contributed by atoms with Crippen molar-refractivity contribution in [2.24, 2.45) is 0 Å². The van der Waals surface area contributed by atoms with Crippen molar-refractivity contribution >= 4 is 5.97 Å². The Bertz CT molecular complexity index is 162. The van der Waals surface area contributed by atoms with Gasteiger partial charge in [0.15, 0.2) is 5.60 Å². The van der Waals surface area contributed by atoms with Crippen LogP contribution in [-0.4, -0.2) is 35.0 Å². The third-order valence-corrected chi connectivity index (χ3v) is 1.31. The Morgan fingerprint density at radius 1 is 1.75 bits per heavy atom. The number of hydrogen-bond donors (Lipinski definition) is 2. The Balaban J connectivity index is 3.61. The summed E-state index contributed by atoms with van der Waals surface area (Å²) in [5.41, 5.74) is -1.79. The van der Waals surface area contributed by atoms with Gasteiger partial charge in [0.2, 0.25) is 0 Å². The minimum absolute atomic E-state index is 0.198. The van der Waals surface area contributed by atoms with Crippen LogP contribution in [0.25, 0.3) is 0 Å². The minimum atomic E-state index is -1.79. The van der Waals surface area contributed by atoms with Gasteiger partial charge in [-0.25, -0.2) is 4.79 Å². The van der Waals surface area contributed by atoms with Crippen LogP contribution in [0.2, 0.25) is 0 Å². The van der Waals surface area contributed by atoms with Crippen molar-refractivity contribution < 1.29 is 19.7 Å². The standard InChI is InChI=1S/C8H14O4/c1-3-4-5-12-6-8(2,11)7(9)10/h3,11H,1,4-6H2,2H3,(H,9,10). The van der Waals surface area contributed by atoms with Gasteiger partial charge < -0.3 is 14.9 Å². The molecule has 12 heavy (non-hydrogen) atoms. The molecule has 1 unspecified atom stereocenters. The maximum absolute atomic E-state index is 10.3. The molecule has 0 bridgehead atoms. The molecular weight excluding hydrogens is 160 g/mol. The van der Waals surface area contributed by atoms with Gasteiger partial charge in [-0.3, -0.25) is 0 Å². The summed E-state index contributed by atoms with van der Waals surface area (Å²) in [5, 5.41) is 17.6. The van der Waals surface area contributed by atoms with Crippen molar-refractivity contribution in [1.29, 1.82) is 0 Å². The van der Waals surface area contributed by atoms with Crippen LogP contribution in [0.1, 0.15) is 13.3 Å². The molecule has 0 spiro atoms. The van der Waals surface area contributed by atoms with Gasteiger partial charge in [-0.2, -0.15) is 0 Å². The topological polar surface area (TPSA) is 66.8 Å². The highest BCUT2D eigenvalue weighted by Crippen LogP contribution is 2.03. The molecular formula is C8H14O4. The molecule has 0 amide bonds. The fraction of sp³-hybridized carbons (Fsp3) is 0.625. The molecule has 4 nitrogen and oxygen atoms in total. The van der Waals surface area contributed by atoms with E-state index >= 15 is 0 Å². The number of aliphatic carboxylic acids is 1. The van der Waals surface area contributed by atoms with E-state index in [1.165, 1.54) is 6.92 Å². The zero-order chi connectivity index (χ0) is 9.61. The molecule has 0 aromatic rings. The average Bonchev–Trinajstić information content (AvgIpc) is 1.98. The first-order valence-electron chi connectivity index (χ1n) is 3.65. The molecule has 0 fully saturated rings. The molecule has 0 rings (SSSR count). The fourth-order valence-corrected chi connectivity index (χ4v) is 0.499. The van der Waals surface area contributed by atoms with E-state index in [0.29, 0.717) is 13.0 Å². The van der Waals surface area contributed by atoms with Crippen molar-refractivity contribution in [3.63, 3.8) is 0 Å². The number of aliphatic hydroxyl groups is 1. The molecule has 0 aromatic heterocycles. The lowest BCUT2D eigenvalue weighted by atomic mass is 10.1. The van der Waals surface area contributed by atoms with Crippen molar-refractivity contribution in [3.8, 4) is 0 Å². The maximum atomic E-state index is 10.3. The number of ether oxygens (including phenoxy) is 1. The van der Waals surface area contributed by atoms with Gasteiger partial charge >= 0.3 is 5.97 Å². The molecule has 0 saturated heterocycles.